The first-order valence-corrected chi connectivity index (χ1v) is 8.62. The van der Waals surface area contributed by atoms with E-state index in [1.165, 1.54) is 11.8 Å². The van der Waals surface area contributed by atoms with Crippen molar-refractivity contribution in [1.82, 2.24) is 5.32 Å². The van der Waals surface area contributed by atoms with Crippen LogP contribution in [0.3, 0.4) is 0 Å². The van der Waals surface area contributed by atoms with Crippen LogP contribution in [0.15, 0.2) is 58.7 Å². The second-order valence-corrected chi connectivity index (χ2v) is 6.14. The molecule has 2 aromatic carbocycles. The van der Waals surface area contributed by atoms with E-state index in [-0.39, 0.29) is 5.91 Å². The Hall–Kier alpha value is -3.13. The van der Waals surface area contributed by atoms with Gasteiger partial charge in [0.1, 0.15) is 11.5 Å². The standard InChI is InChI=1S/C18H15N3O4S/c1-24-14-8-4-13(5-9-14)17(23)25-15-6-2-12(3-7-15)10-19-21-18-20-16(22)11-26-18/h2-10H,11H2,1H3,(H,20,21,22)/b19-10-. The number of benzene rings is 2. The van der Waals surface area contributed by atoms with Gasteiger partial charge in [0, 0.05) is 0 Å². The maximum absolute atomic E-state index is 12.1. The number of hydrogen-bond donors (Lipinski definition) is 1. The molecule has 1 heterocycles. The summed E-state index contributed by atoms with van der Waals surface area (Å²) in [6.07, 6.45) is 1.55. The fourth-order valence-corrected chi connectivity index (χ4v) is 2.67. The van der Waals surface area contributed by atoms with E-state index in [0.717, 1.165) is 5.56 Å². The lowest BCUT2D eigenvalue weighted by Crippen LogP contribution is -2.19. The second kappa shape index (κ2) is 8.30. The monoisotopic (exact) mass is 369 g/mol. The molecule has 2 aromatic rings. The highest BCUT2D eigenvalue weighted by Crippen LogP contribution is 2.16. The normalized spacial score (nSPS) is 15.3. The number of nitrogens with zero attached hydrogens (tertiary/aromatic N) is 2. The van der Waals surface area contributed by atoms with Gasteiger partial charge in [-0.15, -0.1) is 5.10 Å². The molecule has 1 fully saturated rings. The Balaban J connectivity index is 1.58. The van der Waals surface area contributed by atoms with Gasteiger partial charge in [-0.3, -0.25) is 4.79 Å². The minimum absolute atomic E-state index is 0.0769. The van der Waals surface area contributed by atoms with Crippen molar-refractivity contribution in [3.05, 3.63) is 59.7 Å². The molecule has 132 valence electrons. The fraction of sp³-hybridized carbons (Fsp3) is 0.111. The molecule has 3 rings (SSSR count). The molecule has 1 saturated heterocycles. The third-order valence-corrected chi connectivity index (χ3v) is 4.22. The van der Waals surface area contributed by atoms with Crippen molar-refractivity contribution in [2.45, 2.75) is 0 Å². The lowest BCUT2D eigenvalue weighted by atomic mass is 10.2. The maximum atomic E-state index is 12.1. The van der Waals surface area contributed by atoms with Gasteiger partial charge >= 0.3 is 5.97 Å². The van der Waals surface area contributed by atoms with Crippen LogP contribution in [0.1, 0.15) is 15.9 Å². The van der Waals surface area contributed by atoms with E-state index >= 15 is 0 Å². The molecule has 0 atom stereocenters. The summed E-state index contributed by atoms with van der Waals surface area (Å²) >= 11 is 1.31. The van der Waals surface area contributed by atoms with Crippen molar-refractivity contribution in [2.75, 3.05) is 12.9 Å². The predicted molar refractivity (Wildman–Crippen MR) is 100 cm³/mol. The van der Waals surface area contributed by atoms with Gasteiger partial charge in [0.15, 0.2) is 5.17 Å². The molecule has 1 N–H and O–H groups in total. The molecular formula is C18H15N3O4S. The zero-order chi connectivity index (χ0) is 18.4. The number of thioether (sulfide) groups is 1. The Bertz CT molecular complexity index is 861. The Morgan fingerprint density at radius 1 is 1.12 bits per heavy atom. The first kappa shape index (κ1) is 17.7. The molecule has 26 heavy (non-hydrogen) atoms. The number of methoxy groups -OCH3 is 1. The van der Waals surface area contributed by atoms with E-state index in [2.05, 4.69) is 15.5 Å². The molecular weight excluding hydrogens is 354 g/mol. The Kier molecular flexibility index (Phi) is 5.65. The highest BCUT2D eigenvalue weighted by atomic mass is 32.2. The number of esters is 1. The smallest absolute Gasteiger partial charge is 0.343 e. The number of ether oxygens (including phenoxy) is 2. The van der Waals surface area contributed by atoms with E-state index in [1.54, 1.807) is 61.9 Å². The summed E-state index contributed by atoms with van der Waals surface area (Å²) in [4.78, 5) is 23.1. The van der Waals surface area contributed by atoms with Crippen molar-refractivity contribution in [2.24, 2.45) is 10.2 Å². The SMILES string of the molecule is COc1ccc(C(=O)Oc2ccc(/C=N\N=C3/NC(=O)CS3)cc2)cc1. The van der Waals surface area contributed by atoms with Gasteiger partial charge in [-0.2, -0.15) is 5.10 Å². The number of amides is 1. The van der Waals surface area contributed by atoms with Gasteiger partial charge in [0.05, 0.1) is 24.6 Å². The second-order valence-electron chi connectivity index (χ2n) is 5.17. The number of carbonyl (C=O) groups is 2. The van der Waals surface area contributed by atoms with Crippen LogP contribution in [0.25, 0.3) is 0 Å². The van der Waals surface area contributed by atoms with Crippen LogP contribution in [0.2, 0.25) is 0 Å². The van der Waals surface area contributed by atoms with Crippen molar-refractivity contribution >= 4 is 35.0 Å². The quantitative estimate of drug-likeness (QED) is 0.378. The van der Waals surface area contributed by atoms with Gasteiger partial charge in [-0.1, -0.05) is 11.8 Å². The minimum atomic E-state index is -0.450. The van der Waals surface area contributed by atoms with Crippen molar-refractivity contribution in [1.29, 1.82) is 0 Å². The number of carbonyl (C=O) groups excluding carboxylic acids is 2. The Morgan fingerprint density at radius 3 is 2.42 bits per heavy atom. The summed E-state index contributed by atoms with van der Waals surface area (Å²) in [5.41, 5.74) is 1.22. The molecule has 0 aliphatic carbocycles. The van der Waals surface area contributed by atoms with E-state index in [0.29, 0.717) is 28.0 Å². The summed E-state index contributed by atoms with van der Waals surface area (Å²) in [5, 5.41) is 10.9. The van der Waals surface area contributed by atoms with Crippen molar-refractivity contribution < 1.29 is 19.1 Å². The van der Waals surface area contributed by atoms with Gasteiger partial charge in [-0.25, -0.2) is 4.79 Å². The summed E-state index contributed by atoms with van der Waals surface area (Å²) in [5.74, 6) is 0.932. The number of hydrogen-bond acceptors (Lipinski definition) is 7. The predicted octanol–water partition coefficient (Wildman–Crippen LogP) is 2.47. The molecule has 1 amide bonds. The van der Waals surface area contributed by atoms with Gasteiger partial charge in [0.2, 0.25) is 5.91 Å². The molecule has 0 radical (unpaired) electrons. The minimum Gasteiger partial charge on any atom is -0.497 e. The highest BCUT2D eigenvalue weighted by Gasteiger charge is 2.15. The Labute approximate surface area is 154 Å². The van der Waals surface area contributed by atoms with Crippen LogP contribution in [0.4, 0.5) is 0 Å². The van der Waals surface area contributed by atoms with Crippen LogP contribution in [0, 0.1) is 0 Å². The molecule has 0 bridgehead atoms. The van der Waals surface area contributed by atoms with Crippen molar-refractivity contribution in [3.8, 4) is 11.5 Å². The third kappa shape index (κ3) is 4.70. The van der Waals surface area contributed by atoms with Gasteiger partial charge < -0.3 is 14.8 Å². The summed E-state index contributed by atoms with van der Waals surface area (Å²) < 4.78 is 10.4. The first-order chi connectivity index (χ1) is 12.6. The van der Waals surface area contributed by atoms with Gasteiger partial charge in [0.25, 0.3) is 0 Å². The average molecular weight is 369 g/mol. The van der Waals surface area contributed by atoms with E-state index < -0.39 is 5.97 Å². The summed E-state index contributed by atoms with van der Waals surface area (Å²) in [7, 11) is 1.56. The number of nitrogens with one attached hydrogen (secondary N) is 1. The maximum Gasteiger partial charge on any atom is 0.343 e. The highest BCUT2D eigenvalue weighted by molar-refractivity contribution is 8.15. The zero-order valence-electron chi connectivity index (χ0n) is 13.8. The molecule has 7 nitrogen and oxygen atoms in total. The molecule has 0 unspecified atom stereocenters. The summed E-state index contributed by atoms with van der Waals surface area (Å²) in [6.45, 7) is 0. The molecule has 1 aliphatic rings. The van der Waals surface area contributed by atoms with E-state index in [4.69, 9.17) is 9.47 Å². The zero-order valence-corrected chi connectivity index (χ0v) is 14.7. The van der Waals surface area contributed by atoms with Crippen LogP contribution in [-0.4, -0.2) is 36.1 Å². The lowest BCUT2D eigenvalue weighted by Gasteiger charge is -2.05. The molecule has 0 spiro atoms. The average Bonchev–Trinajstić information content (AvgIpc) is 3.08. The molecule has 0 aromatic heterocycles. The summed E-state index contributed by atoms with van der Waals surface area (Å²) in [6, 6.07) is 13.5. The molecule has 0 saturated carbocycles. The van der Waals surface area contributed by atoms with Crippen LogP contribution < -0.4 is 14.8 Å². The first-order valence-electron chi connectivity index (χ1n) is 7.64. The fourth-order valence-electron chi connectivity index (χ4n) is 2.04. The largest absolute Gasteiger partial charge is 0.497 e. The third-order valence-electron chi connectivity index (χ3n) is 3.36. The van der Waals surface area contributed by atoms with Crippen LogP contribution >= 0.6 is 11.8 Å². The van der Waals surface area contributed by atoms with Crippen molar-refractivity contribution in [3.63, 3.8) is 0 Å². The lowest BCUT2D eigenvalue weighted by molar-refractivity contribution is -0.116. The van der Waals surface area contributed by atoms with Gasteiger partial charge in [-0.05, 0) is 54.1 Å². The Morgan fingerprint density at radius 2 is 1.81 bits per heavy atom. The molecule has 8 heteroatoms. The number of amidine groups is 1. The van der Waals surface area contributed by atoms with E-state index in [1.807, 2.05) is 0 Å². The van der Waals surface area contributed by atoms with Crippen LogP contribution in [-0.2, 0) is 4.79 Å². The molecule has 1 aliphatic heterocycles. The van der Waals surface area contributed by atoms with E-state index in [9.17, 15) is 9.59 Å². The van der Waals surface area contributed by atoms with Crippen LogP contribution in [0.5, 0.6) is 11.5 Å². The topological polar surface area (TPSA) is 89.3 Å². The number of rotatable bonds is 5.